The van der Waals surface area contributed by atoms with Crippen LogP contribution in [0.1, 0.15) is 46.6 Å². The lowest BCUT2D eigenvalue weighted by Crippen LogP contribution is -2.28. The van der Waals surface area contributed by atoms with Crippen molar-refractivity contribution >= 4 is 15.6 Å². The highest BCUT2D eigenvalue weighted by Crippen LogP contribution is 2.23. The minimum atomic E-state index is -3.17. The van der Waals surface area contributed by atoms with Crippen LogP contribution in [0.25, 0.3) is 0 Å². The Hall–Kier alpha value is -1.46. The van der Waals surface area contributed by atoms with E-state index < -0.39 is 26.6 Å². The zero-order valence-electron chi connectivity index (χ0n) is 16.1. The molecule has 140 valence electrons. The lowest BCUT2D eigenvalue weighted by molar-refractivity contribution is -0.128. The van der Waals surface area contributed by atoms with Crippen molar-refractivity contribution in [1.29, 1.82) is 0 Å². The van der Waals surface area contributed by atoms with Crippen molar-refractivity contribution in [3.63, 3.8) is 0 Å². The monoisotopic (exact) mass is 366 g/mol. The van der Waals surface area contributed by atoms with Crippen LogP contribution in [0.2, 0.25) is 0 Å². The Balaban J connectivity index is 2.97. The summed E-state index contributed by atoms with van der Waals surface area (Å²) in [6.45, 7) is 9.47. The molecule has 0 radical (unpaired) electrons. The van der Waals surface area contributed by atoms with E-state index in [-0.39, 0.29) is 12.2 Å². The lowest BCUT2D eigenvalue weighted by Gasteiger charge is -2.24. The van der Waals surface area contributed by atoms with E-state index >= 15 is 0 Å². The average Bonchev–Trinajstić information content (AvgIpc) is 2.50. The van der Waals surface area contributed by atoms with Gasteiger partial charge in [0.1, 0.15) is 5.78 Å². The Morgan fingerprint density at radius 2 is 1.76 bits per heavy atom. The van der Waals surface area contributed by atoms with Gasteiger partial charge in [-0.2, -0.15) is 0 Å². The van der Waals surface area contributed by atoms with Crippen molar-refractivity contribution < 1.29 is 17.9 Å². The van der Waals surface area contributed by atoms with Crippen LogP contribution in [0.5, 0.6) is 0 Å². The lowest BCUT2D eigenvalue weighted by atomic mass is 9.86. The molecule has 1 rings (SSSR count). The van der Waals surface area contributed by atoms with E-state index in [0.717, 1.165) is 11.1 Å². The smallest absolute Gasteiger partial charge is 0.153 e. The Labute approximate surface area is 152 Å². The van der Waals surface area contributed by atoms with E-state index in [9.17, 15) is 13.2 Å². The number of carbonyl (C=O) groups is 1. The topological polar surface area (TPSA) is 60.4 Å². The molecule has 0 aliphatic rings. The molecular weight excluding hydrogens is 336 g/mol. The molecule has 0 aliphatic carbocycles. The highest BCUT2D eigenvalue weighted by molar-refractivity contribution is 7.91. The van der Waals surface area contributed by atoms with Crippen molar-refractivity contribution in [2.45, 2.75) is 59.0 Å². The van der Waals surface area contributed by atoms with Crippen LogP contribution in [-0.2, 0) is 26.0 Å². The van der Waals surface area contributed by atoms with Gasteiger partial charge in [0.25, 0.3) is 0 Å². The van der Waals surface area contributed by atoms with Gasteiger partial charge in [0.2, 0.25) is 0 Å². The van der Waals surface area contributed by atoms with Gasteiger partial charge in [-0.3, -0.25) is 4.79 Å². The predicted octanol–water partition coefficient (Wildman–Crippen LogP) is 3.96. The normalized spacial score (nSPS) is 15.7. The third-order valence-corrected chi connectivity index (χ3v) is 5.67. The fourth-order valence-corrected chi connectivity index (χ4v) is 2.66. The Morgan fingerprint density at radius 3 is 2.24 bits per heavy atom. The van der Waals surface area contributed by atoms with Gasteiger partial charge in [-0.15, -0.1) is 0 Å². The van der Waals surface area contributed by atoms with E-state index in [4.69, 9.17) is 4.74 Å². The SMILES string of the molecule is C/C(=C\[C@H](C)S(C)(=O)=O)[C@H](CC(=O)C(C)(C)C)OCc1ccccc1. The Morgan fingerprint density at radius 1 is 1.20 bits per heavy atom. The Kier molecular flexibility index (Phi) is 7.57. The van der Waals surface area contributed by atoms with Crippen LogP contribution in [0, 0.1) is 5.41 Å². The second kappa shape index (κ2) is 8.77. The molecule has 2 atom stereocenters. The van der Waals surface area contributed by atoms with Crippen LogP contribution < -0.4 is 0 Å². The largest absolute Gasteiger partial charge is 0.369 e. The van der Waals surface area contributed by atoms with Gasteiger partial charge in [0.15, 0.2) is 9.84 Å². The van der Waals surface area contributed by atoms with Crippen molar-refractivity contribution in [1.82, 2.24) is 0 Å². The second-order valence-corrected chi connectivity index (χ2v) is 10.0. The summed E-state index contributed by atoms with van der Waals surface area (Å²) in [5, 5.41) is -0.611. The zero-order chi connectivity index (χ0) is 19.3. The number of Topliss-reactive ketones (excluding diaryl/α,β-unsaturated/α-hetero) is 1. The summed E-state index contributed by atoms with van der Waals surface area (Å²) in [5.41, 5.74) is 1.32. The van der Waals surface area contributed by atoms with E-state index in [1.165, 1.54) is 6.26 Å². The maximum atomic E-state index is 12.4. The fourth-order valence-electron chi connectivity index (χ4n) is 2.20. The molecule has 1 aromatic carbocycles. The molecule has 0 aliphatic heterocycles. The van der Waals surface area contributed by atoms with E-state index in [2.05, 4.69) is 0 Å². The number of hydrogen-bond donors (Lipinski definition) is 0. The Bertz CT molecular complexity index is 697. The summed E-state index contributed by atoms with van der Waals surface area (Å²) in [7, 11) is -3.17. The molecular formula is C20H30O4S. The van der Waals surface area contributed by atoms with Gasteiger partial charge in [0, 0.05) is 18.1 Å². The molecule has 4 nitrogen and oxygen atoms in total. The van der Waals surface area contributed by atoms with E-state index in [1.807, 2.05) is 58.0 Å². The van der Waals surface area contributed by atoms with Gasteiger partial charge in [-0.25, -0.2) is 8.42 Å². The first kappa shape index (κ1) is 21.6. The molecule has 0 unspecified atom stereocenters. The van der Waals surface area contributed by atoms with Gasteiger partial charge in [-0.05, 0) is 25.0 Å². The molecule has 25 heavy (non-hydrogen) atoms. The van der Waals surface area contributed by atoms with Crippen LogP contribution in [-0.4, -0.2) is 31.8 Å². The quantitative estimate of drug-likeness (QED) is 0.654. The zero-order valence-corrected chi connectivity index (χ0v) is 16.9. The summed E-state index contributed by atoms with van der Waals surface area (Å²) < 4.78 is 29.4. The van der Waals surface area contributed by atoms with Crippen molar-refractivity contribution in [2.75, 3.05) is 6.26 Å². The molecule has 1 aromatic rings. The molecule has 0 bridgehead atoms. The van der Waals surface area contributed by atoms with Gasteiger partial charge in [-0.1, -0.05) is 57.2 Å². The predicted molar refractivity (Wildman–Crippen MR) is 102 cm³/mol. The first-order valence-corrected chi connectivity index (χ1v) is 10.4. The van der Waals surface area contributed by atoms with Crippen molar-refractivity contribution in [3.8, 4) is 0 Å². The van der Waals surface area contributed by atoms with Gasteiger partial charge >= 0.3 is 0 Å². The van der Waals surface area contributed by atoms with Crippen molar-refractivity contribution in [2.24, 2.45) is 5.41 Å². The highest BCUT2D eigenvalue weighted by Gasteiger charge is 2.26. The number of rotatable bonds is 8. The van der Waals surface area contributed by atoms with Crippen LogP contribution in [0.3, 0.4) is 0 Å². The standard InChI is InChI=1S/C20H30O4S/c1-15(12-16(2)25(6,22)23)18(13-19(21)20(3,4)5)24-14-17-10-8-7-9-11-17/h7-12,16,18H,13-14H2,1-6H3/b15-12+/t16-,18-/m0/s1. The molecule has 5 heteroatoms. The van der Waals surface area contributed by atoms with Gasteiger partial charge in [0.05, 0.1) is 18.0 Å². The number of ketones is 1. The molecule has 0 N–H and O–H groups in total. The summed E-state index contributed by atoms with van der Waals surface area (Å²) in [6, 6.07) is 9.72. The van der Waals surface area contributed by atoms with Crippen LogP contribution >= 0.6 is 0 Å². The minimum absolute atomic E-state index is 0.0883. The second-order valence-electron chi connectivity index (χ2n) is 7.61. The molecule has 0 saturated carbocycles. The van der Waals surface area contributed by atoms with Crippen molar-refractivity contribution in [3.05, 3.63) is 47.5 Å². The van der Waals surface area contributed by atoms with Crippen LogP contribution in [0.15, 0.2) is 42.0 Å². The first-order valence-electron chi connectivity index (χ1n) is 8.47. The average molecular weight is 367 g/mol. The number of ether oxygens (including phenoxy) is 1. The number of carbonyl (C=O) groups excluding carboxylic acids is 1. The molecule has 0 aromatic heterocycles. The van der Waals surface area contributed by atoms with Gasteiger partial charge < -0.3 is 4.74 Å². The maximum Gasteiger partial charge on any atom is 0.153 e. The first-order chi connectivity index (χ1) is 11.4. The molecule has 0 fully saturated rings. The summed E-state index contributed by atoms with van der Waals surface area (Å²) in [4.78, 5) is 12.4. The fraction of sp³-hybridized carbons (Fsp3) is 0.550. The summed E-state index contributed by atoms with van der Waals surface area (Å²) in [6.07, 6.45) is 2.69. The maximum absolute atomic E-state index is 12.4. The minimum Gasteiger partial charge on any atom is -0.369 e. The molecule has 0 saturated heterocycles. The third kappa shape index (κ3) is 7.53. The molecule has 0 spiro atoms. The number of hydrogen-bond acceptors (Lipinski definition) is 4. The van der Waals surface area contributed by atoms with E-state index in [1.54, 1.807) is 13.0 Å². The third-order valence-electron chi connectivity index (χ3n) is 4.18. The number of sulfone groups is 1. The van der Waals surface area contributed by atoms with E-state index in [0.29, 0.717) is 6.61 Å². The van der Waals surface area contributed by atoms with Crippen LogP contribution in [0.4, 0.5) is 0 Å². The summed E-state index contributed by atoms with van der Waals surface area (Å²) in [5.74, 6) is 0.0883. The summed E-state index contributed by atoms with van der Waals surface area (Å²) >= 11 is 0. The number of benzene rings is 1. The highest BCUT2D eigenvalue weighted by atomic mass is 32.2. The molecule has 0 amide bonds. The molecule has 0 heterocycles.